The average molecular weight is 335 g/mol. The van der Waals surface area contributed by atoms with Gasteiger partial charge in [-0.3, -0.25) is 4.79 Å². The van der Waals surface area contributed by atoms with Gasteiger partial charge in [0.15, 0.2) is 0 Å². The van der Waals surface area contributed by atoms with E-state index in [1.807, 2.05) is 54.6 Å². The molecule has 1 aromatic heterocycles. The topological polar surface area (TPSA) is 74.2 Å². The number of carbonyl (C=O) groups is 1. The third-order valence-electron chi connectivity index (χ3n) is 4.06. The van der Waals surface area contributed by atoms with Crippen molar-refractivity contribution in [1.29, 1.82) is 0 Å². The van der Waals surface area contributed by atoms with Gasteiger partial charge in [0.25, 0.3) is 0 Å². The number of para-hydroxylation sites is 2. The number of aromatic nitrogens is 1. The SMILES string of the molecule is CCc1ccccc1NC(=O)CNc1nc2ccccc2cc1CO. The molecule has 5 nitrogen and oxygen atoms in total. The molecule has 0 unspecified atom stereocenters. The predicted molar refractivity (Wildman–Crippen MR) is 101 cm³/mol. The van der Waals surface area contributed by atoms with Crippen LogP contribution in [0.4, 0.5) is 11.5 Å². The maximum absolute atomic E-state index is 12.3. The van der Waals surface area contributed by atoms with Crippen LogP contribution < -0.4 is 10.6 Å². The Hall–Kier alpha value is -2.92. The number of nitrogens with zero attached hydrogens (tertiary/aromatic N) is 1. The molecular formula is C20H21N3O2. The number of carbonyl (C=O) groups excluding carboxylic acids is 1. The molecule has 0 bridgehead atoms. The molecule has 0 aliphatic heterocycles. The van der Waals surface area contributed by atoms with Crippen LogP contribution >= 0.6 is 0 Å². The van der Waals surface area contributed by atoms with Crippen molar-refractivity contribution in [3.05, 3.63) is 65.7 Å². The molecule has 0 fully saturated rings. The van der Waals surface area contributed by atoms with Gasteiger partial charge in [0.2, 0.25) is 5.91 Å². The summed E-state index contributed by atoms with van der Waals surface area (Å²) in [6, 6.07) is 17.3. The van der Waals surface area contributed by atoms with E-state index in [0.717, 1.165) is 28.6 Å². The smallest absolute Gasteiger partial charge is 0.243 e. The second-order valence-electron chi connectivity index (χ2n) is 5.76. The van der Waals surface area contributed by atoms with Gasteiger partial charge in [0, 0.05) is 16.6 Å². The number of benzene rings is 2. The summed E-state index contributed by atoms with van der Waals surface area (Å²) in [4.78, 5) is 16.8. The summed E-state index contributed by atoms with van der Waals surface area (Å²) in [6.45, 7) is 1.99. The van der Waals surface area contributed by atoms with Gasteiger partial charge in [-0.1, -0.05) is 43.3 Å². The van der Waals surface area contributed by atoms with Gasteiger partial charge in [-0.25, -0.2) is 4.98 Å². The molecule has 3 aromatic rings. The molecular weight excluding hydrogens is 314 g/mol. The minimum absolute atomic E-state index is 0.0798. The highest BCUT2D eigenvalue weighted by molar-refractivity contribution is 5.94. The molecule has 0 saturated carbocycles. The largest absolute Gasteiger partial charge is 0.392 e. The molecule has 0 radical (unpaired) electrons. The van der Waals surface area contributed by atoms with Crippen molar-refractivity contribution in [3.8, 4) is 0 Å². The molecule has 2 aromatic carbocycles. The van der Waals surface area contributed by atoms with Crippen LogP contribution in [0.15, 0.2) is 54.6 Å². The lowest BCUT2D eigenvalue weighted by molar-refractivity contribution is -0.114. The van der Waals surface area contributed by atoms with Crippen molar-refractivity contribution in [2.75, 3.05) is 17.2 Å². The Labute approximate surface area is 146 Å². The van der Waals surface area contributed by atoms with Crippen molar-refractivity contribution in [3.63, 3.8) is 0 Å². The standard InChI is InChI=1S/C20H21N3O2/c1-2-14-7-3-5-9-17(14)22-19(25)12-21-20-16(13-24)11-15-8-4-6-10-18(15)23-20/h3-11,24H,2,12-13H2,1H3,(H,21,23)(H,22,25). The predicted octanol–water partition coefficient (Wildman–Crippen LogP) is 3.34. The van der Waals surface area contributed by atoms with Crippen LogP contribution in [0.5, 0.6) is 0 Å². The van der Waals surface area contributed by atoms with Gasteiger partial charge in [-0.2, -0.15) is 0 Å². The number of hydrogen-bond donors (Lipinski definition) is 3. The fourth-order valence-corrected chi connectivity index (χ4v) is 2.74. The van der Waals surface area contributed by atoms with Gasteiger partial charge in [0.05, 0.1) is 18.7 Å². The van der Waals surface area contributed by atoms with Crippen LogP contribution in [0.3, 0.4) is 0 Å². The Balaban J connectivity index is 1.72. The molecule has 0 atom stereocenters. The first-order valence-corrected chi connectivity index (χ1v) is 8.32. The summed E-state index contributed by atoms with van der Waals surface area (Å²) in [5, 5.41) is 16.5. The summed E-state index contributed by atoms with van der Waals surface area (Å²) < 4.78 is 0. The van der Waals surface area contributed by atoms with E-state index in [2.05, 4.69) is 22.5 Å². The van der Waals surface area contributed by atoms with Crippen LogP contribution in [0, 0.1) is 0 Å². The van der Waals surface area contributed by atoms with Crippen molar-refractivity contribution < 1.29 is 9.90 Å². The highest BCUT2D eigenvalue weighted by Crippen LogP contribution is 2.20. The first kappa shape index (κ1) is 16.9. The van der Waals surface area contributed by atoms with Crippen molar-refractivity contribution in [2.24, 2.45) is 0 Å². The third-order valence-corrected chi connectivity index (χ3v) is 4.06. The number of aliphatic hydroxyl groups is 1. The summed E-state index contributed by atoms with van der Waals surface area (Å²) in [5.41, 5.74) is 3.40. The Morgan fingerprint density at radius 3 is 2.64 bits per heavy atom. The second-order valence-corrected chi connectivity index (χ2v) is 5.76. The first-order valence-electron chi connectivity index (χ1n) is 8.32. The number of hydrogen-bond acceptors (Lipinski definition) is 4. The zero-order chi connectivity index (χ0) is 17.6. The van der Waals surface area contributed by atoms with Crippen LogP contribution in [-0.2, 0) is 17.8 Å². The van der Waals surface area contributed by atoms with Crippen molar-refractivity contribution in [1.82, 2.24) is 4.98 Å². The van der Waals surface area contributed by atoms with Crippen molar-refractivity contribution in [2.45, 2.75) is 20.0 Å². The summed E-state index contributed by atoms with van der Waals surface area (Å²) in [6.07, 6.45) is 0.852. The molecule has 25 heavy (non-hydrogen) atoms. The quantitative estimate of drug-likeness (QED) is 0.646. The molecule has 1 heterocycles. The Bertz CT molecular complexity index is 893. The van der Waals surface area contributed by atoms with Gasteiger partial charge in [0.1, 0.15) is 5.82 Å². The van der Waals surface area contributed by atoms with E-state index in [4.69, 9.17) is 0 Å². The molecule has 0 aliphatic carbocycles. The number of fused-ring (bicyclic) bond motifs is 1. The molecule has 3 rings (SSSR count). The third kappa shape index (κ3) is 3.95. The minimum Gasteiger partial charge on any atom is -0.392 e. The monoisotopic (exact) mass is 335 g/mol. The molecule has 0 aliphatic rings. The van der Waals surface area contributed by atoms with E-state index in [1.165, 1.54) is 0 Å². The van der Waals surface area contributed by atoms with Gasteiger partial charge in [-0.15, -0.1) is 0 Å². The molecule has 0 saturated heterocycles. The number of nitrogens with one attached hydrogen (secondary N) is 2. The van der Waals surface area contributed by atoms with E-state index >= 15 is 0 Å². The van der Waals surface area contributed by atoms with E-state index in [-0.39, 0.29) is 19.1 Å². The summed E-state index contributed by atoms with van der Waals surface area (Å²) >= 11 is 0. The van der Waals surface area contributed by atoms with Gasteiger partial charge >= 0.3 is 0 Å². The van der Waals surface area contributed by atoms with Crippen LogP contribution in [0.2, 0.25) is 0 Å². The zero-order valence-corrected chi connectivity index (χ0v) is 14.1. The number of pyridine rings is 1. The zero-order valence-electron chi connectivity index (χ0n) is 14.1. The fraction of sp³-hybridized carbons (Fsp3) is 0.200. The molecule has 0 spiro atoms. The maximum atomic E-state index is 12.3. The number of amides is 1. The van der Waals surface area contributed by atoms with Gasteiger partial charge in [-0.05, 0) is 30.2 Å². The number of aliphatic hydroxyl groups excluding tert-OH is 1. The average Bonchev–Trinajstić information content (AvgIpc) is 2.66. The fourth-order valence-electron chi connectivity index (χ4n) is 2.74. The lowest BCUT2D eigenvalue weighted by Crippen LogP contribution is -2.23. The van der Waals surface area contributed by atoms with Gasteiger partial charge < -0.3 is 15.7 Å². The van der Waals surface area contributed by atoms with Crippen molar-refractivity contribution >= 4 is 28.3 Å². The summed E-state index contributed by atoms with van der Waals surface area (Å²) in [7, 11) is 0. The van der Waals surface area contributed by atoms with E-state index in [9.17, 15) is 9.90 Å². The van der Waals surface area contributed by atoms with Crippen LogP contribution in [0.25, 0.3) is 10.9 Å². The highest BCUT2D eigenvalue weighted by atomic mass is 16.3. The Morgan fingerprint density at radius 1 is 1.08 bits per heavy atom. The van der Waals surface area contributed by atoms with E-state index in [0.29, 0.717) is 11.4 Å². The number of anilines is 2. The Kier molecular flexibility index (Phi) is 5.26. The van der Waals surface area contributed by atoms with E-state index in [1.54, 1.807) is 0 Å². The lowest BCUT2D eigenvalue weighted by Gasteiger charge is -2.13. The lowest BCUT2D eigenvalue weighted by atomic mass is 10.1. The minimum atomic E-state index is -0.153. The maximum Gasteiger partial charge on any atom is 0.243 e. The molecule has 3 N–H and O–H groups in total. The molecule has 1 amide bonds. The summed E-state index contributed by atoms with van der Waals surface area (Å²) in [5.74, 6) is 0.375. The molecule has 128 valence electrons. The first-order chi connectivity index (χ1) is 12.2. The van der Waals surface area contributed by atoms with Crippen LogP contribution in [-0.4, -0.2) is 22.5 Å². The number of aryl methyl sites for hydroxylation is 1. The Morgan fingerprint density at radius 2 is 1.84 bits per heavy atom. The normalized spacial score (nSPS) is 10.6. The second kappa shape index (κ2) is 7.77. The van der Waals surface area contributed by atoms with E-state index < -0.39 is 0 Å². The highest BCUT2D eigenvalue weighted by Gasteiger charge is 2.09. The van der Waals surface area contributed by atoms with Crippen LogP contribution in [0.1, 0.15) is 18.1 Å². The molecule has 5 heteroatoms. The number of rotatable bonds is 6.